The van der Waals surface area contributed by atoms with Crippen LogP contribution in [0.4, 0.5) is 5.69 Å². The summed E-state index contributed by atoms with van der Waals surface area (Å²) in [5, 5.41) is 0. The molecule has 122 valence electrons. The van der Waals surface area contributed by atoms with Crippen LogP contribution in [0.1, 0.15) is 6.92 Å². The number of hydrogen-bond donors (Lipinski definition) is 1. The molecule has 0 spiro atoms. The van der Waals surface area contributed by atoms with E-state index >= 15 is 0 Å². The average molecular weight is 333 g/mol. The Morgan fingerprint density at radius 2 is 1.83 bits per heavy atom. The molecular formula is C17H19NO4S. The van der Waals surface area contributed by atoms with Crippen molar-refractivity contribution in [1.82, 2.24) is 0 Å². The molecule has 2 rings (SSSR count). The number of benzene rings is 2. The lowest BCUT2D eigenvalue weighted by molar-refractivity contribution is 0.340. The number of ether oxygens (including phenoxy) is 2. The number of nitrogens with one attached hydrogen (secondary N) is 1. The van der Waals surface area contributed by atoms with Crippen LogP contribution in [0.15, 0.2) is 66.1 Å². The Morgan fingerprint density at radius 3 is 2.48 bits per heavy atom. The van der Waals surface area contributed by atoms with E-state index in [4.69, 9.17) is 9.47 Å². The Labute approximate surface area is 136 Å². The molecule has 0 radical (unpaired) electrons. The van der Waals surface area contributed by atoms with Gasteiger partial charge in [0.2, 0.25) is 0 Å². The lowest BCUT2D eigenvalue weighted by atomic mass is 10.3. The molecule has 1 N–H and O–H groups in total. The standard InChI is InChI=1S/C17H19NO4S/c1-3-12-22-16-7-5-6-14(13-16)18-23(19,20)17-10-8-15(9-11-17)21-4-2/h3,5-11,13,18H,1,4,12H2,2H3. The van der Waals surface area contributed by atoms with Crippen LogP contribution in [0, 0.1) is 0 Å². The predicted octanol–water partition coefficient (Wildman–Crippen LogP) is 3.45. The van der Waals surface area contributed by atoms with Gasteiger partial charge in [0, 0.05) is 6.07 Å². The van der Waals surface area contributed by atoms with Crippen LogP contribution in [0.25, 0.3) is 0 Å². The summed E-state index contributed by atoms with van der Waals surface area (Å²) in [6.45, 7) is 6.33. The quantitative estimate of drug-likeness (QED) is 0.752. The molecule has 0 amide bonds. The zero-order chi connectivity index (χ0) is 16.7. The molecule has 0 fully saturated rings. The van der Waals surface area contributed by atoms with Crippen molar-refractivity contribution < 1.29 is 17.9 Å². The maximum atomic E-state index is 12.4. The number of anilines is 1. The molecule has 2 aromatic rings. The Hall–Kier alpha value is -2.47. The SMILES string of the molecule is C=CCOc1cccc(NS(=O)(=O)c2ccc(OCC)cc2)c1. The predicted molar refractivity (Wildman–Crippen MR) is 90.6 cm³/mol. The molecule has 5 nitrogen and oxygen atoms in total. The van der Waals surface area contributed by atoms with Gasteiger partial charge in [-0.05, 0) is 43.3 Å². The first kappa shape index (κ1) is 16.9. The summed E-state index contributed by atoms with van der Waals surface area (Å²) in [4.78, 5) is 0.165. The highest BCUT2D eigenvalue weighted by Gasteiger charge is 2.14. The first-order valence-electron chi connectivity index (χ1n) is 7.14. The van der Waals surface area contributed by atoms with Gasteiger partial charge in [-0.25, -0.2) is 8.42 Å². The van der Waals surface area contributed by atoms with Crippen LogP contribution in [-0.4, -0.2) is 21.6 Å². The first-order chi connectivity index (χ1) is 11.0. The van der Waals surface area contributed by atoms with Gasteiger partial charge in [-0.15, -0.1) is 0 Å². The molecule has 0 aliphatic carbocycles. The normalized spacial score (nSPS) is 10.8. The van der Waals surface area contributed by atoms with E-state index in [-0.39, 0.29) is 4.90 Å². The highest BCUT2D eigenvalue weighted by molar-refractivity contribution is 7.92. The van der Waals surface area contributed by atoms with Crippen LogP contribution >= 0.6 is 0 Å². The zero-order valence-corrected chi connectivity index (χ0v) is 13.7. The van der Waals surface area contributed by atoms with Gasteiger partial charge < -0.3 is 9.47 Å². The molecule has 0 bridgehead atoms. The highest BCUT2D eigenvalue weighted by atomic mass is 32.2. The van der Waals surface area contributed by atoms with Gasteiger partial charge in [0.05, 0.1) is 17.2 Å². The van der Waals surface area contributed by atoms with Crippen molar-refractivity contribution in [3.8, 4) is 11.5 Å². The zero-order valence-electron chi connectivity index (χ0n) is 12.9. The summed E-state index contributed by atoms with van der Waals surface area (Å²) in [6, 6.07) is 13.0. The van der Waals surface area contributed by atoms with Gasteiger partial charge in [0.15, 0.2) is 0 Å². The topological polar surface area (TPSA) is 64.6 Å². The summed E-state index contributed by atoms with van der Waals surface area (Å²) in [7, 11) is -3.66. The maximum absolute atomic E-state index is 12.4. The van der Waals surface area contributed by atoms with Crippen molar-refractivity contribution in [2.45, 2.75) is 11.8 Å². The van der Waals surface area contributed by atoms with Crippen molar-refractivity contribution in [3.05, 3.63) is 61.2 Å². The number of rotatable bonds is 8. The average Bonchev–Trinajstić information content (AvgIpc) is 2.54. The molecule has 0 aromatic heterocycles. The second-order valence-electron chi connectivity index (χ2n) is 4.64. The third-order valence-electron chi connectivity index (χ3n) is 2.90. The number of sulfonamides is 1. The fourth-order valence-corrected chi connectivity index (χ4v) is 2.95. The maximum Gasteiger partial charge on any atom is 0.261 e. The summed E-state index contributed by atoms with van der Waals surface area (Å²) in [5.74, 6) is 1.20. The van der Waals surface area contributed by atoms with Gasteiger partial charge in [0.1, 0.15) is 18.1 Å². The van der Waals surface area contributed by atoms with Crippen molar-refractivity contribution in [1.29, 1.82) is 0 Å². The smallest absolute Gasteiger partial charge is 0.261 e. The molecule has 0 atom stereocenters. The lowest BCUT2D eigenvalue weighted by Gasteiger charge is -2.10. The van der Waals surface area contributed by atoms with Crippen LogP contribution < -0.4 is 14.2 Å². The summed E-state index contributed by atoms with van der Waals surface area (Å²) < 4.78 is 38.0. The fraction of sp³-hybridized carbons (Fsp3) is 0.176. The summed E-state index contributed by atoms with van der Waals surface area (Å²) in [6.07, 6.45) is 1.62. The molecule has 0 saturated heterocycles. The molecular weight excluding hydrogens is 314 g/mol. The van der Waals surface area contributed by atoms with E-state index in [0.29, 0.717) is 30.4 Å². The van der Waals surface area contributed by atoms with E-state index in [9.17, 15) is 8.42 Å². The van der Waals surface area contributed by atoms with Crippen molar-refractivity contribution in [3.63, 3.8) is 0 Å². The van der Waals surface area contributed by atoms with E-state index in [2.05, 4.69) is 11.3 Å². The van der Waals surface area contributed by atoms with E-state index in [0.717, 1.165) is 0 Å². The molecule has 23 heavy (non-hydrogen) atoms. The monoisotopic (exact) mass is 333 g/mol. The van der Waals surface area contributed by atoms with E-state index in [1.165, 1.54) is 12.1 Å². The van der Waals surface area contributed by atoms with Gasteiger partial charge in [-0.2, -0.15) is 0 Å². The molecule has 0 aliphatic rings. The minimum atomic E-state index is -3.66. The molecule has 0 heterocycles. The molecule has 0 saturated carbocycles. The highest BCUT2D eigenvalue weighted by Crippen LogP contribution is 2.22. The van der Waals surface area contributed by atoms with Crippen LogP contribution in [0.5, 0.6) is 11.5 Å². The van der Waals surface area contributed by atoms with Crippen LogP contribution in [0.2, 0.25) is 0 Å². The van der Waals surface area contributed by atoms with Gasteiger partial charge in [0.25, 0.3) is 10.0 Å². The van der Waals surface area contributed by atoms with Gasteiger partial charge in [-0.3, -0.25) is 4.72 Å². The van der Waals surface area contributed by atoms with E-state index < -0.39 is 10.0 Å². The summed E-state index contributed by atoms with van der Waals surface area (Å²) >= 11 is 0. The Kier molecular flexibility index (Phi) is 5.65. The number of hydrogen-bond acceptors (Lipinski definition) is 4. The lowest BCUT2D eigenvalue weighted by Crippen LogP contribution is -2.13. The Bertz CT molecular complexity index is 754. The second-order valence-corrected chi connectivity index (χ2v) is 6.32. The minimum absolute atomic E-state index is 0.165. The molecule has 2 aromatic carbocycles. The van der Waals surface area contributed by atoms with Crippen molar-refractivity contribution in [2.75, 3.05) is 17.9 Å². The van der Waals surface area contributed by atoms with Gasteiger partial charge in [-0.1, -0.05) is 18.7 Å². The first-order valence-corrected chi connectivity index (χ1v) is 8.63. The third-order valence-corrected chi connectivity index (χ3v) is 4.30. The minimum Gasteiger partial charge on any atom is -0.494 e. The molecule has 0 aliphatic heterocycles. The van der Waals surface area contributed by atoms with Crippen LogP contribution in [0.3, 0.4) is 0 Å². The van der Waals surface area contributed by atoms with E-state index in [1.54, 1.807) is 42.5 Å². The summed E-state index contributed by atoms with van der Waals surface area (Å²) in [5.41, 5.74) is 0.431. The molecule has 0 unspecified atom stereocenters. The molecule has 6 heteroatoms. The van der Waals surface area contributed by atoms with Crippen LogP contribution in [-0.2, 0) is 10.0 Å². The fourth-order valence-electron chi connectivity index (χ4n) is 1.90. The van der Waals surface area contributed by atoms with Gasteiger partial charge >= 0.3 is 0 Å². The van der Waals surface area contributed by atoms with E-state index in [1.807, 2.05) is 6.92 Å². The van der Waals surface area contributed by atoms with Crippen molar-refractivity contribution >= 4 is 15.7 Å². The third kappa shape index (κ3) is 4.75. The Balaban J connectivity index is 2.15. The Morgan fingerprint density at radius 1 is 1.09 bits per heavy atom. The van der Waals surface area contributed by atoms with Crippen molar-refractivity contribution in [2.24, 2.45) is 0 Å². The second kappa shape index (κ2) is 7.69. The largest absolute Gasteiger partial charge is 0.494 e.